The number of aromatic amines is 1. The molecule has 2 aromatic carbocycles. The predicted octanol–water partition coefficient (Wildman–Crippen LogP) is 4.63. The summed E-state index contributed by atoms with van der Waals surface area (Å²) in [5.41, 5.74) is 4.15. The summed E-state index contributed by atoms with van der Waals surface area (Å²) < 4.78 is 13.4. The molecule has 0 unspecified atom stereocenters. The highest BCUT2D eigenvalue weighted by Gasteiger charge is 2.13. The number of benzene rings is 2. The largest absolute Gasteiger partial charge is 0.372 e. The topological polar surface area (TPSA) is 36.1 Å². The number of fused-ring (bicyclic) bond motifs is 1. The van der Waals surface area contributed by atoms with Crippen LogP contribution in [-0.2, 0) is 0 Å². The Kier molecular flexibility index (Phi) is 4.04. The van der Waals surface area contributed by atoms with Crippen molar-refractivity contribution in [3.05, 3.63) is 64.1 Å². The molecule has 0 spiro atoms. The van der Waals surface area contributed by atoms with Gasteiger partial charge >= 0.3 is 0 Å². The predicted molar refractivity (Wildman–Crippen MR) is 101 cm³/mol. The van der Waals surface area contributed by atoms with Crippen molar-refractivity contribution in [2.24, 2.45) is 0 Å². The Morgan fingerprint density at radius 1 is 1.00 bits per heavy atom. The molecule has 4 heteroatoms. The summed E-state index contributed by atoms with van der Waals surface area (Å²) in [6.07, 6.45) is 3.80. The van der Waals surface area contributed by atoms with E-state index in [2.05, 4.69) is 34.1 Å². The fourth-order valence-electron chi connectivity index (χ4n) is 3.64. The van der Waals surface area contributed by atoms with Gasteiger partial charge in [0.25, 0.3) is 0 Å². The lowest BCUT2D eigenvalue weighted by molar-refractivity contribution is 0.578. The van der Waals surface area contributed by atoms with E-state index in [0.29, 0.717) is 16.5 Å². The van der Waals surface area contributed by atoms with Gasteiger partial charge in [-0.2, -0.15) is 0 Å². The number of aromatic nitrogens is 1. The van der Waals surface area contributed by atoms with Gasteiger partial charge in [-0.3, -0.25) is 4.79 Å². The van der Waals surface area contributed by atoms with Gasteiger partial charge in [0.05, 0.1) is 5.69 Å². The number of hydrogen-bond donors (Lipinski definition) is 1. The summed E-state index contributed by atoms with van der Waals surface area (Å²) in [5.74, 6) is -0.393. The lowest BCUT2D eigenvalue weighted by Gasteiger charge is -2.28. The first-order valence-electron chi connectivity index (χ1n) is 8.81. The molecule has 1 aliphatic rings. The number of H-pyrrole nitrogens is 1. The smallest absolute Gasteiger partial charge is 0.193 e. The van der Waals surface area contributed by atoms with Crippen LogP contribution in [0.5, 0.6) is 0 Å². The van der Waals surface area contributed by atoms with Crippen LogP contribution >= 0.6 is 0 Å². The average Bonchev–Trinajstić information content (AvgIpc) is 2.66. The Labute approximate surface area is 146 Å². The molecule has 1 fully saturated rings. The second-order valence-electron chi connectivity index (χ2n) is 6.74. The number of rotatable bonds is 2. The van der Waals surface area contributed by atoms with E-state index in [4.69, 9.17) is 0 Å². The lowest BCUT2D eigenvalue weighted by Crippen LogP contribution is -2.29. The normalized spacial score (nSPS) is 14.9. The molecule has 0 amide bonds. The lowest BCUT2D eigenvalue weighted by atomic mass is 10.0. The zero-order chi connectivity index (χ0) is 17.4. The van der Waals surface area contributed by atoms with E-state index in [0.717, 1.165) is 24.3 Å². The molecule has 4 rings (SSSR count). The minimum atomic E-state index is -0.393. The van der Waals surface area contributed by atoms with Gasteiger partial charge < -0.3 is 9.88 Å². The van der Waals surface area contributed by atoms with Gasteiger partial charge in [0.15, 0.2) is 5.43 Å². The van der Waals surface area contributed by atoms with E-state index < -0.39 is 5.82 Å². The third-order valence-corrected chi connectivity index (χ3v) is 5.08. The van der Waals surface area contributed by atoms with Crippen LogP contribution < -0.4 is 10.3 Å². The van der Waals surface area contributed by atoms with E-state index in [1.807, 2.05) is 0 Å². The van der Waals surface area contributed by atoms with Crippen molar-refractivity contribution in [2.75, 3.05) is 18.0 Å². The molecule has 0 radical (unpaired) electrons. The molecule has 128 valence electrons. The Bertz CT molecular complexity index is 970. The summed E-state index contributed by atoms with van der Waals surface area (Å²) in [6, 6.07) is 12.6. The van der Waals surface area contributed by atoms with E-state index in [9.17, 15) is 9.18 Å². The summed E-state index contributed by atoms with van der Waals surface area (Å²) in [4.78, 5) is 18.3. The molecule has 0 atom stereocenters. The first-order chi connectivity index (χ1) is 12.1. The quantitative estimate of drug-likeness (QED) is 0.740. The molecule has 2 heterocycles. The molecule has 0 aliphatic carbocycles. The van der Waals surface area contributed by atoms with Crippen molar-refractivity contribution in [3.8, 4) is 11.3 Å². The maximum absolute atomic E-state index is 13.4. The second kappa shape index (κ2) is 6.36. The highest BCUT2D eigenvalue weighted by molar-refractivity contribution is 5.83. The third kappa shape index (κ3) is 2.93. The Hall–Kier alpha value is -2.62. The van der Waals surface area contributed by atoms with Crippen LogP contribution in [0, 0.1) is 12.7 Å². The summed E-state index contributed by atoms with van der Waals surface area (Å²) in [5, 5.41) is 0.395. The summed E-state index contributed by atoms with van der Waals surface area (Å²) in [6.45, 7) is 4.00. The van der Waals surface area contributed by atoms with Crippen LogP contribution in [0.3, 0.4) is 0 Å². The van der Waals surface area contributed by atoms with E-state index in [1.165, 1.54) is 37.1 Å². The number of halogens is 1. The zero-order valence-electron chi connectivity index (χ0n) is 14.3. The molecular weight excluding hydrogens is 315 g/mol. The third-order valence-electron chi connectivity index (χ3n) is 5.08. The van der Waals surface area contributed by atoms with Crippen LogP contribution in [0.4, 0.5) is 10.1 Å². The molecule has 0 saturated carbocycles. The van der Waals surface area contributed by atoms with Gasteiger partial charge in [0.1, 0.15) is 5.82 Å². The number of pyridine rings is 1. The molecule has 3 aromatic rings. The first kappa shape index (κ1) is 15.9. The average molecular weight is 336 g/mol. The maximum Gasteiger partial charge on any atom is 0.193 e. The highest BCUT2D eigenvalue weighted by Crippen LogP contribution is 2.26. The van der Waals surface area contributed by atoms with Gasteiger partial charge in [0, 0.05) is 35.2 Å². The molecule has 1 saturated heterocycles. The van der Waals surface area contributed by atoms with Crippen LogP contribution in [0.15, 0.2) is 47.3 Å². The summed E-state index contributed by atoms with van der Waals surface area (Å²) in [7, 11) is 0. The van der Waals surface area contributed by atoms with Crippen LogP contribution in [0.1, 0.15) is 24.8 Å². The minimum absolute atomic E-state index is 0.122. The second-order valence-corrected chi connectivity index (χ2v) is 6.74. The van der Waals surface area contributed by atoms with Crippen LogP contribution in [0.2, 0.25) is 0 Å². The van der Waals surface area contributed by atoms with Gasteiger partial charge in [-0.1, -0.05) is 12.1 Å². The van der Waals surface area contributed by atoms with Crippen LogP contribution in [-0.4, -0.2) is 18.1 Å². The maximum atomic E-state index is 13.4. The molecule has 25 heavy (non-hydrogen) atoms. The summed E-state index contributed by atoms with van der Waals surface area (Å²) >= 11 is 0. The standard InChI is InChI=1S/C21H21FN2O/c1-14-20(23-19-10-7-16(22)13-18(19)21(14)25)15-5-8-17(9-6-15)24-11-3-2-4-12-24/h5-10,13H,2-4,11-12H2,1H3,(H,23,25). The molecular formula is C21H21FN2O. The van der Waals surface area contributed by atoms with Crippen molar-refractivity contribution in [1.82, 2.24) is 4.98 Å². The molecule has 3 nitrogen and oxygen atoms in total. The van der Waals surface area contributed by atoms with Crippen molar-refractivity contribution in [3.63, 3.8) is 0 Å². The SMILES string of the molecule is Cc1c(-c2ccc(N3CCCCC3)cc2)[nH]c2ccc(F)cc2c1=O. The van der Waals surface area contributed by atoms with Crippen LogP contribution in [0.25, 0.3) is 22.2 Å². The zero-order valence-corrected chi connectivity index (χ0v) is 14.3. The molecule has 1 aliphatic heterocycles. The number of anilines is 1. The van der Waals surface area contributed by atoms with E-state index in [-0.39, 0.29) is 5.43 Å². The Morgan fingerprint density at radius 3 is 2.44 bits per heavy atom. The molecule has 1 aromatic heterocycles. The number of nitrogens with one attached hydrogen (secondary N) is 1. The Balaban J connectivity index is 1.75. The fraction of sp³-hybridized carbons (Fsp3) is 0.286. The number of nitrogens with zero attached hydrogens (tertiary/aromatic N) is 1. The fourth-order valence-corrected chi connectivity index (χ4v) is 3.64. The monoisotopic (exact) mass is 336 g/mol. The van der Waals surface area contributed by atoms with Gasteiger partial charge in [-0.05, 0) is 62.1 Å². The van der Waals surface area contributed by atoms with Gasteiger partial charge in [0.2, 0.25) is 0 Å². The van der Waals surface area contributed by atoms with Crippen molar-refractivity contribution in [1.29, 1.82) is 0 Å². The number of hydrogen-bond acceptors (Lipinski definition) is 2. The molecule has 1 N–H and O–H groups in total. The van der Waals surface area contributed by atoms with Crippen molar-refractivity contribution in [2.45, 2.75) is 26.2 Å². The van der Waals surface area contributed by atoms with Gasteiger partial charge in [-0.25, -0.2) is 4.39 Å². The van der Waals surface area contributed by atoms with Gasteiger partial charge in [-0.15, -0.1) is 0 Å². The Morgan fingerprint density at radius 2 is 1.72 bits per heavy atom. The molecule has 0 bridgehead atoms. The first-order valence-corrected chi connectivity index (χ1v) is 8.81. The minimum Gasteiger partial charge on any atom is -0.372 e. The van der Waals surface area contributed by atoms with Crippen molar-refractivity contribution < 1.29 is 4.39 Å². The number of piperidine rings is 1. The van der Waals surface area contributed by atoms with Crippen molar-refractivity contribution >= 4 is 16.6 Å². The highest BCUT2D eigenvalue weighted by atomic mass is 19.1. The van der Waals surface area contributed by atoms with E-state index in [1.54, 1.807) is 13.0 Å². The van der Waals surface area contributed by atoms with E-state index >= 15 is 0 Å².